The van der Waals surface area contributed by atoms with E-state index in [-0.39, 0.29) is 0 Å². The Morgan fingerprint density at radius 3 is 2.77 bits per heavy atom. The van der Waals surface area contributed by atoms with E-state index in [4.69, 9.17) is 1.37 Å². The van der Waals surface area contributed by atoms with Crippen LogP contribution in [0.1, 0.15) is 12.5 Å². The fourth-order valence-electron chi connectivity index (χ4n) is 1.75. The summed E-state index contributed by atoms with van der Waals surface area (Å²) in [5.74, 6) is -0.973. The zero-order chi connectivity index (χ0) is 16.8. The average molecular weight is 365 g/mol. The van der Waals surface area contributed by atoms with E-state index in [1.165, 1.54) is 31.4 Å². The Kier molecular flexibility index (Phi) is 5.21. The second-order valence-electron chi connectivity index (χ2n) is 4.47. The number of methoxy groups -OCH3 is 1. The number of rotatable bonds is 5. The Hall–Kier alpha value is -2.14. The molecular formula is C17H15BrFNO2. The molecule has 2 aromatic carbocycles. The summed E-state index contributed by atoms with van der Waals surface area (Å²) in [6, 6.07) is 11.6. The van der Waals surface area contributed by atoms with Crippen LogP contribution in [0.4, 0.5) is 10.1 Å². The average Bonchev–Trinajstić information content (AvgIpc) is 2.52. The molecule has 0 fully saturated rings. The third kappa shape index (κ3) is 5.00. The van der Waals surface area contributed by atoms with Crippen molar-refractivity contribution in [1.29, 1.82) is 0 Å². The molecule has 0 radical (unpaired) electrons. The van der Waals surface area contributed by atoms with Crippen molar-refractivity contribution in [2.75, 3.05) is 12.4 Å². The number of hydrogen-bond donors (Lipinski definition) is 1. The molecule has 0 aliphatic heterocycles. The van der Waals surface area contributed by atoms with Gasteiger partial charge >= 0.3 is 5.97 Å². The van der Waals surface area contributed by atoms with Crippen molar-refractivity contribution in [2.24, 2.45) is 0 Å². The van der Waals surface area contributed by atoms with Crippen molar-refractivity contribution < 1.29 is 15.3 Å². The van der Waals surface area contributed by atoms with Crippen LogP contribution >= 0.6 is 15.9 Å². The normalized spacial score (nSPS) is 12.8. The van der Waals surface area contributed by atoms with E-state index >= 15 is 0 Å². The molecule has 0 spiro atoms. The molecule has 0 aliphatic carbocycles. The minimum atomic E-state index is -0.734. The van der Waals surface area contributed by atoms with Gasteiger partial charge < -0.3 is 10.1 Å². The van der Waals surface area contributed by atoms with Crippen LogP contribution in [0.5, 0.6) is 0 Å². The number of ether oxygens (including phenoxy) is 1. The first-order chi connectivity index (χ1) is 11.0. The standard InChI is InChI=1S/C17H15BrFNO2/c1-22-17(21)7-4-13-8-15(19)10-16(9-13)20-11-12-2-5-14(18)6-3-12/h2-10,20H,11H2,1H3/b7-4+/i11D. The van der Waals surface area contributed by atoms with Gasteiger partial charge in [-0.15, -0.1) is 0 Å². The summed E-state index contributed by atoms with van der Waals surface area (Å²) in [6.07, 6.45) is 2.67. The van der Waals surface area contributed by atoms with Crippen molar-refractivity contribution in [3.05, 3.63) is 70.0 Å². The van der Waals surface area contributed by atoms with Gasteiger partial charge in [0, 0.05) is 22.8 Å². The molecule has 1 unspecified atom stereocenters. The van der Waals surface area contributed by atoms with E-state index in [2.05, 4.69) is 26.0 Å². The number of nitrogens with one attached hydrogen (secondary N) is 1. The molecule has 0 amide bonds. The number of benzene rings is 2. The maximum Gasteiger partial charge on any atom is 0.330 e. The Labute approximate surface area is 138 Å². The molecule has 1 atom stereocenters. The van der Waals surface area contributed by atoms with E-state index in [0.29, 0.717) is 11.3 Å². The molecule has 2 rings (SSSR count). The van der Waals surface area contributed by atoms with E-state index in [9.17, 15) is 9.18 Å². The number of hydrogen-bond acceptors (Lipinski definition) is 3. The highest BCUT2D eigenvalue weighted by Gasteiger charge is 2.01. The molecule has 0 aromatic heterocycles. The topological polar surface area (TPSA) is 38.3 Å². The molecule has 3 nitrogen and oxygen atoms in total. The summed E-state index contributed by atoms with van der Waals surface area (Å²) in [4.78, 5) is 11.1. The Bertz CT molecular complexity index is 719. The van der Waals surface area contributed by atoms with Gasteiger partial charge in [0.05, 0.1) is 8.48 Å². The van der Waals surface area contributed by atoms with E-state index in [1.807, 2.05) is 24.3 Å². The maximum atomic E-state index is 13.7. The lowest BCUT2D eigenvalue weighted by molar-refractivity contribution is -0.134. The zero-order valence-corrected chi connectivity index (χ0v) is 13.4. The number of halogens is 2. The van der Waals surface area contributed by atoms with Crippen LogP contribution in [0.2, 0.25) is 0 Å². The highest BCUT2D eigenvalue weighted by molar-refractivity contribution is 9.10. The van der Waals surface area contributed by atoms with Crippen molar-refractivity contribution in [2.45, 2.75) is 6.52 Å². The van der Waals surface area contributed by atoms with Gasteiger partial charge in [-0.1, -0.05) is 28.1 Å². The quantitative estimate of drug-likeness (QED) is 0.631. The second-order valence-corrected chi connectivity index (χ2v) is 5.39. The van der Waals surface area contributed by atoms with Gasteiger partial charge in [-0.25, -0.2) is 9.18 Å². The predicted molar refractivity (Wildman–Crippen MR) is 88.9 cm³/mol. The largest absolute Gasteiger partial charge is 0.466 e. The van der Waals surface area contributed by atoms with Crippen LogP contribution in [0.15, 0.2) is 53.0 Å². The van der Waals surface area contributed by atoms with Gasteiger partial charge in [-0.05, 0) is 47.5 Å². The van der Waals surface area contributed by atoms with Crippen molar-refractivity contribution in [3.63, 3.8) is 0 Å². The van der Waals surface area contributed by atoms with Crippen LogP contribution in [0, 0.1) is 5.82 Å². The molecule has 0 bridgehead atoms. The minimum absolute atomic E-state index is 0.456. The second kappa shape index (κ2) is 7.75. The molecule has 1 N–H and O–H groups in total. The van der Waals surface area contributed by atoms with Gasteiger partial charge in [0.2, 0.25) is 0 Å². The first-order valence-electron chi connectivity index (χ1n) is 7.06. The zero-order valence-electron chi connectivity index (χ0n) is 12.8. The summed E-state index contributed by atoms with van der Waals surface area (Å²) < 4.78 is 27.2. The van der Waals surface area contributed by atoms with Gasteiger partial charge in [0.15, 0.2) is 0 Å². The molecule has 0 aliphatic rings. The van der Waals surface area contributed by atoms with Gasteiger partial charge in [-0.3, -0.25) is 0 Å². The minimum Gasteiger partial charge on any atom is -0.466 e. The molecule has 2 aromatic rings. The third-order valence-electron chi connectivity index (χ3n) is 2.81. The lowest BCUT2D eigenvalue weighted by Gasteiger charge is -2.08. The van der Waals surface area contributed by atoms with Crippen LogP contribution in [-0.2, 0) is 16.1 Å². The van der Waals surface area contributed by atoms with Crippen LogP contribution in [0.3, 0.4) is 0 Å². The Morgan fingerprint density at radius 2 is 2.09 bits per heavy atom. The monoisotopic (exact) mass is 364 g/mol. The van der Waals surface area contributed by atoms with Gasteiger partial charge in [0.25, 0.3) is 0 Å². The molecule has 0 saturated heterocycles. The molecule has 0 saturated carbocycles. The first kappa shape index (κ1) is 14.8. The first-order valence-corrected chi connectivity index (χ1v) is 7.28. The summed E-state index contributed by atoms with van der Waals surface area (Å²) in [7, 11) is 1.27. The van der Waals surface area contributed by atoms with Crippen molar-refractivity contribution in [3.8, 4) is 0 Å². The number of esters is 1. The van der Waals surface area contributed by atoms with Crippen LogP contribution < -0.4 is 5.32 Å². The SMILES string of the molecule is [2H]C(Nc1cc(F)cc(/C=C/C(=O)OC)c1)c1ccc(Br)cc1. The molecule has 22 heavy (non-hydrogen) atoms. The van der Waals surface area contributed by atoms with Crippen molar-refractivity contribution in [1.82, 2.24) is 0 Å². The lowest BCUT2D eigenvalue weighted by Crippen LogP contribution is -2.00. The third-order valence-corrected chi connectivity index (χ3v) is 3.34. The summed E-state index contributed by atoms with van der Waals surface area (Å²) in [5.41, 5.74) is 1.71. The van der Waals surface area contributed by atoms with Gasteiger partial charge in [0.1, 0.15) is 5.82 Å². The Morgan fingerprint density at radius 1 is 1.36 bits per heavy atom. The highest BCUT2D eigenvalue weighted by atomic mass is 79.9. The smallest absolute Gasteiger partial charge is 0.330 e. The van der Waals surface area contributed by atoms with E-state index in [0.717, 1.165) is 10.0 Å². The van der Waals surface area contributed by atoms with Crippen molar-refractivity contribution >= 4 is 33.7 Å². The molecule has 0 heterocycles. The molecule has 5 heteroatoms. The van der Waals surface area contributed by atoms with Gasteiger partial charge in [-0.2, -0.15) is 0 Å². The fourth-order valence-corrected chi connectivity index (χ4v) is 2.01. The lowest BCUT2D eigenvalue weighted by atomic mass is 10.1. The number of carbonyl (C=O) groups excluding carboxylic acids is 1. The van der Waals surface area contributed by atoms with Crippen LogP contribution in [-0.4, -0.2) is 13.1 Å². The maximum absolute atomic E-state index is 13.7. The highest BCUT2D eigenvalue weighted by Crippen LogP contribution is 2.17. The van der Waals surface area contributed by atoms with Crippen LogP contribution in [0.25, 0.3) is 6.08 Å². The molecule has 114 valence electrons. The molecular weight excluding hydrogens is 349 g/mol. The number of anilines is 1. The number of carbonyl (C=O) groups is 1. The summed E-state index contributed by atoms with van der Waals surface area (Å²) in [6.45, 7) is -0.734. The predicted octanol–water partition coefficient (Wildman–Crippen LogP) is 4.39. The van der Waals surface area contributed by atoms with E-state index in [1.54, 1.807) is 6.07 Å². The summed E-state index contributed by atoms with van der Waals surface area (Å²) in [5, 5.41) is 2.92. The fraction of sp³-hybridized carbons (Fsp3) is 0.118. The van der Waals surface area contributed by atoms with E-state index < -0.39 is 18.3 Å². The Balaban J connectivity index is 2.16. The summed E-state index contributed by atoms with van der Waals surface area (Å²) >= 11 is 3.34.